The molecule has 184 valence electrons. The summed E-state index contributed by atoms with van der Waals surface area (Å²) in [5.74, 6) is -1.76. The molecule has 1 N–H and O–H groups in total. The van der Waals surface area contributed by atoms with Crippen molar-refractivity contribution in [3.05, 3.63) is 69.8 Å². The standard InChI is InChI=1S/C24H25ClFN5O3S/c1-13(2)20-22(14(3)10-15(27-20)12-30(4)5)31-23-17(24(32)29-35(31,33)34)11-18(25)21(28-23)16-8-6-7-9-19(16)26/h6-11,13H,12H2,1-5H3,(H,29,32). The van der Waals surface area contributed by atoms with Gasteiger partial charge in [-0.1, -0.05) is 37.6 Å². The van der Waals surface area contributed by atoms with Gasteiger partial charge in [0.15, 0.2) is 5.82 Å². The lowest BCUT2D eigenvalue weighted by Crippen LogP contribution is -2.47. The zero-order chi connectivity index (χ0) is 25.7. The fraction of sp³-hybridized carbons (Fsp3) is 0.292. The molecule has 1 amide bonds. The third-order valence-corrected chi connectivity index (χ3v) is 7.04. The molecule has 0 unspecified atom stereocenters. The number of nitrogens with one attached hydrogen (secondary N) is 1. The van der Waals surface area contributed by atoms with E-state index in [9.17, 15) is 17.6 Å². The Morgan fingerprint density at radius 1 is 1.14 bits per heavy atom. The highest BCUT2D eigenvalue weighted by atomic mass is 35.5. The lowest BCUT2D eigenvalue weighted by atomic mass is 10.0. The van der Waals surface area contributed by atoms with Gasteiger partial charge < -0.3 is 4.90 Å². The summed E-state index contributed by atoms with van der Waals surface area (Å²) in [7, 11) is -0.561. The molecule has 1 aromatic carbocycles. The maximum absolute atomic E-state index is 14.6. The van der Waals surface area contributed by atoms with Crippen molar-refractivity contribution in [1.29, 1.82) is 0 Å². The van der Waals surface area contributed by atoms with E-state index in [2.05, 4.69) is 4.98 Å². The van der Waals surface area contributed by atoms with Crippen LogP contribution in [0, 0.1) is 12.7 Å². The fourth-order valence-corrected chi connectivity index (χ4v) is 5.57. The largest absolute Gasteiger partial charge is 0.332 e. The highest BCUT2D eigenvalue weighted by molar-refractivity contribution is 7.92. The number of aryl methyl sites for hydroxylation is 1. The Hall–Kier alpha value is -3.08. The van der Waals surface area contributed by atoms with Crippen molar-refractivity contribution >= 4 is 39.2 Å². The zero-order valence-electron chi connectivity index (χ0n) is 19.9. The Morgan fingerprint density at radius 3 is 2.46 bits per heavy atom. The second-order valence-corrected chi connectivity index (χ2v) is 10.9. The maximum atomic E-state index is 14.6. The third kappa shape index (κ3) is 4.61. The van der Waals surface area contributed by atoms with Crippen LogP contribution in [0.2, 0.25) is 5.02 Å². The first kappa shape index (κ1) is 25.0. The number of nitrogens with zero attached hydrogens (tertiary/aromatic N) is 4. The summed E-state index contributed by atoms with van der Waals surface area (Å²) in [6.45, 7) is 6.15. The number of halogens is 2. The number of benzene rings is 1. The first-order chi connectivity index (χ1) is 16.4. The minimum atomic E-state index is -4.39. The van der Waals surface area contributed by atoms with Crippen molar-refractivity contribution in [3.63, 3.8) is 0 Å². The van der Waals surface area contributed by atoms with E-state index in [0.717, 1.165) is 10.00 Å². The van der Waals surface area contributed by atoms with Crippen LogP contribution in [0.1, 0.15) is 47.1 Å². The van der Waals surface area contributed by atoms with Crippen LogP contribution in [-0.2, 0) is 16.8 Å². The van der Waals surface area contributed by atoms with Crippen LogP contribution < -0.4 is 9.03 Å². The van der Waals surface area contributed by atoms with Crippen molar-refractivity contribution < 1.29 is 17.6 Å². The number of carbonyl (C=O) groups excluding carboxylic acids is 1. The molecule has 35 heavy (non-hydrogen) atoms. The molecule has 3 aromatic rings. The maximum Gasteiger partial charge on any atom is 0.332 e. The predicted molar refractivity (Wildman–Crippen MR) is 134 cm³/mol. The molecule has 2 aromatic heterocycles. The molecular formula is C24H25ClFN5O3S. The molecular weight excluding hydrogens is 493 g/mol. The minimum absolute atomic E-state index is 0.0171. The van der Waals surface area contributed by atoms with Gasteiger partial charge >= 0.3 is 10.2 Å². The SMILES string of the molecule is Cc1cc(CN(C)C)nc(C(C)C)c1N1c2nc(-c3ccccc3F)c(Cl)cc2C(=O)NS1(=O)=O. The summed E-state index contributed by atoms with van der Waals surface area (Å²) < 4.78 is 44.3. The summed E-state index contributed by atoms with van der Waals surface area (Å²) in [4.78, 5) is 23.9. The average Bonchev–Trinajstić information content (AvgIpc) is 2.74. The Kier molecular flexibility index (Phi) is 6.56. The predicted octanol–water partition coefficient (Wildman–Crippen LogP) is 4.56. The van der Waals surface area contributed by atoms with Gasteiger partial charge in [-0.25, -0.2) is 18.4 Å². The fourth-order valence-electron chi connectivity index (χ4n) is 4.03. The van der Waals surface area contributed by atoms with Crippen LogP contribution in [0.5, 0.6) is 0 Å². The number of hydrogen-bond donors (Lipinski definition) is 1. The van der Waals surface area contributed by atoms with Gasteiger partial charge in [-0.2, -0.15) is 8.42 Å². The van der Waals surface area contributed by atoms with Gasteiger partial charge in [0.25, 0.3) is 5.91 Å². The summed E-state index contributed by atoms with van der Waals surface area (Å²) in [6.07, 6.45) is 0. The van der Waals surface area contributed by atoms with Crippen molar-refractivity contribution in [2.75, 3.05) is 18.4 Å². The number of amides is 1. The summed E-state index contributed by atoms with van der Waals surface area (Å²) in [6, 6.07) is 8.99. The Morgan fingerprint density at radius 2 is 1.83 bits per heavy atom. The quantitative estimate of drug-likeness (QED) is 0.533. The number of aromatic nitrogens is 2. The molecule has 0 bridgehead atoms. The second-order valence-electron chi connectivity index (χ2n) is 8.93. The second kappa shape index (κ2) is 9.18. The number of rotatable bonds is 5. The van der Waals surface area contributed by atoms with E-state index < -0.39 is 21.9 Å². The van der Waals surface area contributed by atoms with E-state index >= 15 is 0 Å². The summed E-state index contributed by atoms with van der Waals surface area (Å²) >= 11 is 6.39. The number of anilines is 2. The summed E-state index contributed by atoms with van der Waals surface area (Å²) in [5.41, 5.74) is 2.29. The van der Waals surface area contributed by atoms with Crippen LogP contribution >= 0.6 is 11.6 Å². The van der Waals surface area contributed by atoms with Gasteiger partial charge in [-0.05, 0) is 56.8 Å². The van der Waals surface area contributed by atoms with Crippen LogP contribution in [0.25, 0.3) is 11.3 Å². The number of fused-ring (bicyclic) bond motifs is 1. The normalized spacial score (nSPS) is 14.9. The van der Waals surface area contributed by atoms with E-state index in [1.165, 1.54) is 24.3 Å². The molecule has 1 aliphatic heterocycles. The van der Waals surface area contributed by atoms with Crippen molar-refractivity contribution in [2.45, 2.75) is 33.2 Å². The monoisotopic (exact) mass is 517 g/mol. The highest BCUT2D eigenvalue weighted by Crippen LogP contribution is 2.42. The van der Waals surface area contributed by atoms with E-state index in [4.69, 9.17) is 16.6 Å². The van der Waals surface area contributed by atoms with E-state index in [1.807, 2.05) is 37.6 Å². The topological polar surface area (TPSA) is 95.5 Å². The molecule has 3 heterocycles. The van der Waals surface area contributed by atoms with Crippen molar-refractivity contribution in [3.8, 4) is 11.3 Å². The average molecular weight is 518 g/mol. The Labute approximate surface area is 208 Å². The molecule has 0 atom stereocenters. The van der Waals surface area contributed by atoms with E-state index in [-0.39, 0.29) is 39.3 Å². The molecule has 0 aliphatic carbocycles. The zero-order valence-corrected chi connectivity index (χ0v) is 21.5. The van der Waals surface area contributed by atoms with Gasteiger partial charge in [0, 0.05) is 12.1 Å². The molecule has 1 aliphatic rings. The lowest BCUT2D eigenvalue weighted by Gasteiger charge is -2.32. The molecule has 11 heteroatoms. The summed E-state index contributed by atoms with van der Waals surface area (Å²) in [5, 5.41) is 0.0171. The number of pyridine rings is 2. The minimum Gasteiger partial charge on any atom is -0.304 e. The number of hydrogen-bond acceptors (Lipinski definition) is 6. The van der Waals surface area contributed by atoms with Crippen LogP contribution in [0.15, 0.2) is 36.4 Å². The smallest absolute Gasteiger partial charge is 0.304 e. The molecule has 8 nitrogen and oxygen atoms in total. The van der Waals surface area contributed by atoms with Gasteiger partial charge in [0.2, 0.25) is 0 Å². The molecule has 0 radical (unpaired) electrons. The first-order valence-electron chi connectivity index (χ1n) is 10.9. The van der Waals surface area contributed by atoms with Gasteiger partial charge in [0.05, 0.1) is 33.4 Å². The van der Waals surface area contributed by atoms with E-state index in [0.29, 0.717) is 17.8 Å². The Balaban J connectivity index is 2.03. The molecule has 0 fully saturated rings. The van der Waals surface area contributed by atoms with Crippen LogP contribution in [0.4, 0.5) is 15.9 Å². The van der Waals surface area contributed by atoms with Gasteiger partial charge in [-0.15, -0.1) is 0 Å². The van der Waals surface area contributed by atoms with Crippen LogP contribution in [0.3, 0.4) is 0 Å². The van der Waals surface area contributed by atoms with Crippen molar-refractivity contribution in [1.82, 2.24) is 19.6 Å². The molecule has 0 saturated heterocycles. The molecule has 4 rings (SSSR count). The molecule has 0 saturated carbocycles. The lowest BCUT2D eigenvalue weighted by molar-refractivity contribution is 0.0980. The van der Waals surface area contributed by atoms with Crippen LogP contribution in [-0.4, -0.2) is 43.3 Å². The third-order valence-electron chi connectivity index (χ3n) is 5.48. The van der Waals surface area contributed by atoms with Gasteiger partial charge in [0.1, 0.15) is 5.82 Å². The van der Waals surface area contributed by atoms with E-state index in [1.54, 1.807) is 19.1 Å². The van der Waals surface area contributed by atoms with Crippen molar-refractivity contribution in [2.24, 2.45) is 0 Å². The Bertz CT molecular complexity index is 1440. The molecule has 0 spiro atoms. The number of carbonyl (C=O) groups is 1. The highest BCUT2D eigenvalue weighted by Gasteiger charge is 2.40. The first-order valence-corrected chi connectivity index (χ1v) is 12.7. The van der Waals surface area contributed by atoms with Gasteiger partial charge in [-0.3, -0.25) is 9.78 Å².